The molecular formula is C16H33O2. The molecule has 0 fully saturated rings. The van der Waals surface area contributed by atoms with Gasteiger partial charge in [-0.1, -0.05) is 79.1 Å². The van der Waals surface area contributed by atoms with Gasteiger partial charge in [-0.3, -0.25) is 4.79 Å². The van der Waals surface area contributed by atoms with E-state index in [-0.39, 0.29) is 5.92 Å². The first kappa shape index (κ1) is 19.8. The Kier molecular flexibility index (Phi) is 18.1. The molecular weight excluding hydrogens is 224 g/mol. The highest BCUT2D eigenvalue weighted by Crippen LogP contribution is 2.08. The fraction of sp³-hybridized carbons (Fsp3) is 0.875. The van der Waals surface area contributed by atoms with Crippen LogP contribution in [0.5, 0.6) is 0 Å². The van der Waals surface area contributed by atoms with Gasteiger partial charge in [0.1, 0.15) is 0 Å². The molecule has 0 rings (SSSR count). The largest absolute Gasteiger partial charge is 0.481 e. The van der Waals surface area contributed by atoms with Gasteiger partial charge in [0.15, 0.2) is 0 Å². The molecule has 1 N–H and O–H groups in total. The number of aliphatic carboxylic acids is 1. The van der Waals surface area contributed by atoms with Gasteiger partial charge in [0, 0.05) is 0 Å². The zero-order valence-corrected chi connectivity index (χ0v) is 12.9. The molecule has 0 aliphatic rings. The number of unbranched alkanes of at least 4 members (excludes halogenated alkanes) is 8. The predicted molar refractivity (Wildman–Crippen MR) is 79.7 cm³/mol. The lowest BCUT2D eigenvalue weighted by Crippen LogP contribution is -2.06. The molecule has 0 saturated carbocycles. The average molecular weight is 257 g/mol. The Morgan fingerprint density at radius 3 is 2.00 bits per heavy atom. The Labute approximate surface area is 114 Å². The molecule has 1 atom stereocenters. The number of rotatable bonds is 10. The van der Waals surface area contributed by atoms with Crippen LogP contribution in [-0.4, -0.2) is 11.1 Å². The van der Waals surface area contributed by atoms with E-state index >= 15 is 0 Å². The third kappa shape index (κ3) is 17.9. The van der Waals surface area contributed by atoms with Crippen LogP contribution in [0.2, 0.25) is 0 Å². The fourth-order valence-corrected chi connectivity index (χ4v) is 1.42. The molecule has 18 heavy (non-hydrogen) atoms. The van der Waals surface area contributed by atoms with Gasteiger partial charge in [-0.25, -0.2) is 0 Å². The lowest BCUT2D eigenvalue weighted by Gasteiger charge is -1.98. The Morgan fingerprint density at radius 2 is 1.61 bits per heavy atom. The lowest BCUT2D eigenvalue weighted by atomic mass is 10.1. The standard InChI is InChI=1S/C11H23.C5H10O2/c1-3-5-7-9-11-10-8-6-4-2;1-3-4(2)5(6)7/h7H,3-6,8-11H2,1-2H3;4H,3H2,1-2H3,(H,6,7). The number of carboxylic acid groups (broad SMARTS) is 1. The van der Waals surface area contributed by atoms with Gasteiger partial charge in [0.2, 0.25) is 0 Å². The maximum atomic E-state index is 9.93. The molecule has 1 radical (unpaired) electrons. The molecule has 1 unspecified atom stereocenters. The van der Waals surface area contributed by atoms with Crippen molar-refractivity contribution in [2.45, 2.75) is 85.5 Å². The van der Waals surface area contributed by atoms with Crippen molar-refractivity contribution in [1.29, 1.82) is 0 Å². The summed E-state index contributed by atoms with van der Waals surface area (Å²) in [6.45, 7) is 8.07. The van der Waals surface area contributed by atoms with Crippen molar-refractivity contribution in [3.63, 3.8) is 0 Å². The van der Waals surface area contributed by atoms with Crippen LogP contribution in [0.25, 0.3) is 0 Å². The molecule has 0 aromatic rings. The van der Waals surface area contributed by atoms with Crippen molar-refractivity contribution >= 4 is 5.97 Å². The highest BCUT2D eigenvalue weighted by Gasteiger charge is 2.05. The summed E-state index contributed by atoms with van der Waals surface area (Å²) in [5, 5.41) is 8.18. The summed E-state index contributed by atoms with van der Waals surface area (Å²) in [5.41, 5.74) is 0. The molecule has 0 bridgehead atoms. The Balaban J connectivity index is 0. The number of hydrogen-bond acceptors (Lipinski definition) is 1. The van der Waals surface area contributed by atoms with Gasteiger partial charge < -0.3 is 5.11 Å². The monoisotopic (exact) mass is 257 g/mol. The van der Waals surface area contributed by atoms with E-state index in [1.807, 2.05) is 6.92 Å². The minimum Gasteiger partial charge on any atom is -0.481 e. The van der Waals surface area contributed by atoms with Crippen molar-refractivity contribution < 1.29 is 9.90 Å². The van der Waals surface area contributed by atoms with Crippen LogP contribution in [0.3, 0.4) is 0 Å². The molecule has 0 aliphatic carbocycles. The minimum atomic E-state index is -0.706. The van der Waals surface area contributed by atoms with Gasteiger partial charge >= 0.3 is 5.97 Å². The zero-order chi connectivity index (χ0) is 14.2. The van der Waals surface area contributed by atoms with Crippen molar-refractivity contribution in [3.05, 3.63) is 6.42 Å². The summed E-state index contributed by atoms with van der Waals surface area (Å²) in [7, 11) is 0. The highest BCUT2D eigenvalue weighted by atomic mass is 16.4. The summed E-state index contributed by atoms with van der Waals surface area (Å²) >= 11 is 0. The lowest BCUT2D eigenvalue weighted by molar-refractivity contribution is -0.141. The molecule has 0 aromatic heterocycles. The third-order valence-corrected chi connectivity index (χ3v) is 3.04. The first-order valence-corrected chi connectivity index (χ1v) is 7.64. The Morgan fingerprint density at radius 1 is 1.00 bits per heavy atom. The van der Waals surface area contributed by atoms with Crippen LogP contribution in [0, 0.1) is 12.3 Å². The quantitative estimate of drug-likeness (QED) is 0.527. The summed E-state index contributed by atoms with van der Waals surface area (Å²) < 4.78 is 0. The van der Waals surface area contributed by atoms with Gasteiger partial charge in [-0.15, -0.1) is 0 Å². The van der Waals surface area contributed by atoms with E-state index in [9.17, 15) is 4.79 Å². The Bertz CT molecular complexity index is 158. The van der Waals surface area contributed by atoms with Crippen LogP contribution in [0.1, 0.15) is 85.5 Å². The summed E-state index contributed by atoms with van der Waals surface area (Å²) in [4.78, 5) is 9.93. The predicted octanol–water partition coefficient (Wildman–Crippen LogP) is 5.47. The van der Waals surface area contributed by atoms with E-state index in [2.05, 4.69) is 20.3 Å². The highest BCUT2D eigenvalue weighted by molar-refractivity contribution is 5.69. The average Bonchev–Trinajstić information content (AvgIpc) is 2.37. The summed E-state index contributed by atoms with van der Waals surface area (Å²) in [6.07, 6.45) is 14.2. The van der Waals surface area contributed by atoms with E-state index in [4.69, 9.17) is 5.11 Å². The molecule has 0 saturated heterocycles. The second-order valence-corrected chi connectivity index (χ2v) is 4.93. The van der Waals surface area contributed by atoms with E-state index < -0.39 is 5.97 Å². The van der Waals surface area contributed by atoms with Crippen molar-refractivity contribution in [1.82, 2.24) is 0 Å². The Hall–Kier alpha value is -0.530. The van der Waals surface area contributed by atoms with Gasteiger partial charge in [-0.2, -0.15) is 0 Å². The van der Waals surface area contributed by atoms with Gasteiger partial charge in [-0.05, 0) is 12.8 Å². The van der Waals surface area contributed by atoms with Gasteiger partial charge in [0.25, 0.3) is 0 Å². The van der Waals surface area contributed by atoms with Crippen molar-refractivity contribution in [2.75, 3.05) is 0 Å². The molecule has 0 heterocycles. The molecule has 0 amide bonds. The molecule has 2 nitrogen and oxygen atoms in total. The first-order valence-electron chi connectivity index (χ1n) is 7.64. The normalized spacial score (nSPS) is 11.6. The fourth-order valence-electron chi connectivity index (χ4n) is 1.42. The summed E-state index contributed by atoms with van der Waals surface area (Å²) in [5.74, 6) is -0.887. The maximum Gasteiger partial charge on any atom is 0.306 e. The van der Waals surface area contributed by atoms with Crippen LogP contribution in [-0.2, 0) is 4.79 Å². The van der Waals surface area contributed by atoms with Crippen molar-refractivity contribution in [2.24, 2.45) is 5.92 Å². The minimum absolute atomic E-state index is 0.181. The van der Waals surface area contributed by atoms with Gasteiger partial charge in [0.05, 0.1) is 5.92 Å². The van der Waals surface area contributed by atoms with E-state index in [0.29, 0.717) is 0 Å². The first-order chi connectivity index (χ1) is 8.59. The maximum absolute atomic E-state index is 9.93. The van der Waals surface area contributed by atoms with Crippen LogP contribution < -0.4 is 0 Å². The molecule has 2 heteroatoms. The number of carbonyl (C=O) groups is 1. The van der Waals surface area contributed by atoms with Crippen LogP contribution >= 0.6 is 0 Å². The topological polar surface area (TPSA) is 37.3 Å². The van der Waals surface area contributed by atoms with Crippen LogP contribution in [0.4, 0.5) is 0 Å². The molecule has 109 valence electrons. The molecule has 0 aliphatic heterocycles. The zero-order valence-electron chi connectivity index (χ0n) is 12.9. The second kappa shape index (κ2) is 16.5. The summed E-state index contributed by atoms with van der Waals surface area (Å²) in [6, 6.07) is 0. The van der Waals surface area contributed by atoms with E-state index in [1.54, 1.807) is 6.92 Å². The second-order valence-electron chi connectivity index (χ2n) is 4.93. The van der Waals surface area contributed by atoms with Crippen LogP contribution in [0.15, 0.2) is 0 Å². The molecule has 0 spiro atoms. The SMILES string of the molecule is CCC(C)C(=O)O.CCC[CH]CCCCCCC. The smallest absolute Gasteiger partial charge is 0.306 e. The van der Waals surface area contributed by atoms with Crippen molar-refractivity contribution in [3.8, 4) is 0 Å². The van der Waals surface area contributed by atoms with E-state index in [1.165, 1.54) is 51.4 Å². The third-order valence-electron chi connectivity index (χ3n) is 3.04. The number of carboxylic acids is 1. The van der Waals surface area contributed by atoms with E-state index in [0.717, 1.165) is 6.42 Å². The number of hydrogen-bond donors (Lipinski definition) is 1. The molecule has 0 aromatic carbocycles.